The third-order valence-corrected chi connectivity index (χ3v) is 4.74. The van der Waals surface area contributed by atoms with Crippen molar-refractivity contribution in [1.29, 1.82) is 0 Å². The minimum atomic E-state index is -0.733. The van der Waals surface area contributed by atoms with E-state index in [4.69, 9.17) is 16.7 Å². The first kappa shape index (κ1) is 23.9. The van der Waals surface area contributed by atoms with Gasteiger partial charge < -0.3 is 5.11 Å². The third-order valence-electron chi connectivity index (χ3n) is 4.55. The Kier molecular flexibility index (Phi) is 10.5. The zero-order valence-corrected chi connectivity index (χ0v) is 18.0. The summed E-state index contributed by atoms with van der Waals surface area (Å²) in [5.74, 6) is 0.222. The number of carbonyl (C=O) groups excluding carboxylic acids is 1. The van der Waals surface area contributed by atoms with Gasteiger partial charge in [-0.1, -0.05) is 76.2 Å². The predicted molar refractivity (Wildman–Crippen MR) is 116 cm³/mol. The molecule has 4 heteroatoms. The van der Waals surface area contributed by atoms with E-state index in [0.29, 0.717) is 24.7 Å². The van der Waals surface area contributed by atoms with Crippen LogP contribution in [0.1, 0.15) is 74.6 Å². The maximum absolute atomic E-state index is 10.7. The average molecular weight is 403 g/mol. The van der Waals surface area contributed by atoms with Crippen LogP contribution in [0.4, 0.5) is 0 Å². The summed E-state index contributed by atoms with van der Waals surface area (Å²) in [4.78, 5) is 21.1. The highest BCUT2D eigenvalue weighted by Crippen LogP contribution is 2.21. The van der Waals surface area contributed by atoms with Crippen LogP contribution in [-0.4, -0.2) is 16.3 Å². The van der Waals surface area contributed by atoms with Gasteiger partial charge >= 0.3 is 5.97 Å². The number of carbonyl (C=O) groups is 2. The molecular weight excluding hydrogens is 372 g/mol. The van der Waals surface area contributed by atoms with Gasteiger partial charge in [-0.15, -0.1) is 0 Å². The van der Waals surface area contributed by atoms with Gasteiger partial charge in [0.25, 0.3) is 0 Å². The largest absolute Gasteiger partial charge is 0.481 e. The minimum Gasteiger partial charge on any atom is -0.481 e. The predicted octanol–water partition coefficient (Wildman–Crippen LogP) is 6.34. The first-order valence-corrected chi connectivity index (χ1v) is 10.2. The van der Waals surface area contributed by atoms with E-state index >= 15 is 0 Å². The van der Waals surface area contributed by atoms with Crippen molar-refractivity contribution in [3.63, 3.8) is 0 Å². The molecule has 0 radical (unpaired) electrons. The van der Waals surface area contributed by atoms with Gasteiger partial charge in [-0.05, 0) is 58.5 Å². The van der Waals surface area contributed by atoms with E-state index in [2.05, 4.69) is 45.9 Å². The van der Waals surface area contributed by atoms with E-state index in [1.54, 1.807) is 0 Å². The number of rotatable bonds is 8. The Morgan fingerprint density at radius 1 is 0.786 bits per heavy atom. The second kappa shape index (κ2) is 12.4. The number of halogens is 1. The van der Waals surface area contributed by atoms with Crippen molar-refractivity contribution in [3.8, 4) is 0 Å². The van der Waals surface area contributed by atoms with Crippen LogP contribution in [0, 0.1) is 0 Å². The summed E-state index contributed by atoms with van der Waals surface area (Å²) >= 11 is 5.32. The fourth-order valence-electron chi connectivity index (χ4n) is 3.12. The molecular formula is C24H31ClO3. The molecule has 0 heterocycles. The van der Waals surface area contributed by atoms with Gasteiger partial charge in [-0.25, -0.2) is 0 Å². The normalized spacial score (nSPS) is 10.5. The molecule has 0 aliphatic carbocycles. The standard InChI is InChI=1S/C12H15ClO.C12H16O2/c2*1-9(2)11-6-4-3-5-10(11)7-8-12(13)14/h3-6,9H,7-8H2,1-2H3;3-6,9H,7-8H2,1-2H3,(H,13,14). The number of hydrogen-bond donors (Lipinski definition) is 1. The van der Waals surface area contributed by atoms with Crippen LogP contribution in [0.25, 0.3) is 0 Å². The molecule has 2 aromatic rings. The minimum absolute atomic E-state index is 0.212. The number of aryl methyl sites for hydroxylation is 2. The summed E-state index contributed by atoms with van der Waals surface area (Å²) in [5, 5.41) is 8.34. The summed E-state index contributed by atoms with van der Waals surface area (Å²) in [6.07, 6.45) is 2.01. The smallest absolute Gasteiger partial charge is 0.303 e. The van der Waals surface area contributed by atoms with Gasteiger partial charge in [0.15, 0.2) is 0 Å². The number of hydrogen-bond acceptors (Lipinski definition) is 2. The van der Waals surface area contributed by atoms with Crippen LogP contribution in [0.2, 0.25) is 0 Å². The molecule has 0 unspecified atom stereocenters. The molecule has 0 amide bonds. The SMILES string of the molecule is CC(C)c1ccccc1CCC(=O)Cl.CC(C)c1ccccc1CCC(=O)O. The summed E-state index contributed by atoms with van der Waals surface area (Å²) in [7, 11) is 0. The maximum atomic E-state index is 10.7. The van der Waals surface area contributed by atoms with Gasteiger partial charge in [0.2, 0.25) is 5.24 Å². The molecule has 0 aromatic heterocycles. The number of carboxylic acids is 1. The monoisotopic (exact) mass is 402 g/mol. The zero-order chi connectivity index (χ0) is 21.1. The van der Waals surface area contributed by atoms with E-state index in [-0.39, 0.29) is 11.7 Å². The lowest BCUT2D eigenvalue weighted by Crippen LogP contribution is -2.01. The molecule has 0 fully saturated rings. The van der Waals surface area contributed by atoms with Gasteiger partial charge in [-0.3, -0.25) is 9.59 Å². The molecule has 0 aliphatic rings. The lowest BCUT2D eigenvalue weighted by Gasteiger charge is -2.11. The fraction of sp³-hybridized carbons (Fsp3) is 0.417. The fourth-order valence-corrected chi connectivity index (χ4v) is 3.22. The molecule has 0 bridgehead atoms. The van der Waals surface area contributed by atoms with Crippen molar-refractivity contribution >= 4 is 22.8 Å². The summed E-state index contributed by atoms with van der Waals surface area (Å²) in [5.41, 5.74) is 4.96. The van der Waals surface area contributed by atoms with Crippen LogP contribution >= 0.6 is 11.6 Å². The van der Waals surface area contributed by atoms with Crippen molar-refractivity contribution in [2.24, 2.45) is 0 Å². The molecule has 1 N–H and O–H groups in total. The van der Waals surface area contributed by atoms with Crippen molar-refractivity contribution in [3.05, 3.63) is 70.8 Å². The molecule has 0 spiro atoms. The average Bonchev–Trinajstić information content (AvgIpc) is 2.65. The number of aliphatic carboxylic acids is 1. The molecule has 2 rings (SSSR count). The Morgan fingerprint density at radius 3 is 1.54 bits per heavy atom. The number of carboxylic acid groups (broad SMARTS) is 1. The highest BCUT2D eigenvalue weighted by Gasteiger charge is 2.07. The van der Waals surface area contributed by atoms with Crippen molar-refractivity contribution < 1.29 is 14.7 Å². The summed E-state index contributed by atoms with van der Waals surface area (Å²) in [6, 6.07) is 16.2. The highest BCUT2D eigenvalue weighted by molar-refractivity contribution is 6.63. The van der Waals surface area contributed by atoms with Gasteiger partial charge in [0, 0.05) is 12.8 Å². The van der Waals surface area contributed by atoms with Crippen LogP contribution < -0.4 is 0 Å². The van der Waals surface area contributed by atoms with E-state index < -0.39 is 5.97 Å². The van der Waals surface area contributed by atoms with E-state index in [0.717, 1.165) is 12.0 Å². The molecule has 28 heavy (non-hydrogen) atoms. The second-order valence-electron chi connectivity index (χ2n) is 7.46. The molecule has 0 aliphatic heterocycles. The Balaban J connectivity index is 0.000000280. The molecule has 2 aromatic carbocycles. The molecule has 152 valence electrons. The quantitative estimate of drug-likeness (QED) is 0.524. The highest BCUT2D eigenvalue weighted by atomic mass is 35.5. The first-order chi connectivity index (χ1) is 13.2. The van der Waals surface area contributed by atoms with Crippen LogP contribution in [0.5, 0.6) is 0 Å². The zero-order valence-electron chi connectivity index (χ0n) is 17.2. The van der Waals surface area contributed by atoms with Crippen LogP contribution in [0.15, 0.2) is 48.5 Å². The molecule has 0 saturated heterocycles. The van der Waals surface area contributed by atoms with Crippen molar-refractivity contribution in [1.82, 2.24) is 0 Å². The Labute approximate surface area is 173 Å². The molecule has 0 atom stereocenters. The Morgan fingerprint density at radius 2 is 1.18 bits per heavy atom. The van der Waals surface area contributed by atoms with E-state index in [1.165, 1.54) is 16.7 Å². The third kappa shape index (κ3) is 8.71. The van der Waals surface area contributed by atoms with Crippen molar-refractivity contribution in [2.45, 2.75) is 65.2 Å². The second-order valence-corrected chi connectivity index (χ2v) is 7.88. The van der Waals surface area contributed by atoms with Gasteiger partial charge in [-0.2, -0.15) is 0 Å². The Bertz CT molecular complexity index is 700. The van der Waals surface area contributed by atoms with Crippen LogP contribution in [-0.2, 0) is 22.4 Å². The lowest BCUT2D eigenvalue weighted by atomic mass is 9.95. The Hall–Kier alpha value is -2.13. The lowest BCUT2D eigenvalue weighted by molar-refractivity contribution is -0.137. The molecule has 0 saturated carbocycles. The van der Waals surface area contributed by atoms with Crippen molar-refractivity contribution in [2.75, 3.05) is 0 Å². The van der Waals surface area contributed by atoms with Crippen LogP contribution in [0.3, 0.4) is 0 Å². The first-order valence-electron chi connectivity index (χ1n) is 9.78. The van der Waals surface area contributed by atoms with Gasteiger partial charge in [0.1, 0.15) is 0 Å². The summed E-state index contributed by atoms with van der Waals surface area (Å²) in [6.45, 7) is 8.56. The van der Waals surface area contributed by atoms with E-state index in [9.17, 15) is 9.59 Å². The number of benzene rings is 2. The summed E-state index contributed by atoms with van der Waals surface area (Å²) < 4.78 is 0. The maximum Gasteiger partial charge on any atom is 0.303 e. The molecule has 3 nitrogen and oxygen atoms in total. The van der Waals surface area contributed by atoms with E-state index in [1.807, 2.05) is 30.3 Å². The topological polar surface area (TPSA) is 54.4 Å². The van der Waals surface area contributed by atoms with Gasteiger partial charge in [0.05, 0.1) is 0 Å².